The normalized spacial score (nSPS) is 12.7. The third kappa shape index (κ3) is 6.51. The third-order valence-electron chi connectivity index (χ3n) is 7.29. The number of pyridine rings is 1. The van der Waals surface area contributed by atoms with Crippen molar-refractivity contribution in [2.75, 3.05) is 6.61 Å². The van der Waals surface area contributed by atoms with Gasteiger partial charge in [0.1, 0.15) is 12.4 Å². The maximum absolute atomic E-state index is 14.1. The van der Waals surface area contributed by atoms with Crippen LogP contribution in [0, 0.1) is 11.7 Å². The average Bonchev–Trinajstić information content (AvgIpc) is 3.63. The van der Waals surface area contributed by atoms with Crippen molar-refractivity contribution in [3.8, 4) is 34.1 Å². The number of hydrogen-bond donors (Lipinski definition) is 1. The van der Waals surface area contributed by atoms with E-state index in [1.54, 1.807) is 6.07 Å². The molecule has 2 heterocycles. The lowest BCUT2D eigenvalue weighted by Gasteiger charge is -2.17. The summed E-state index contributed by atoms with van der Waals surface area (Å²) in [6, 6.07) is 21.5. The topological polar surface area (TPSA) is 140 Å². The molecule has 1 aliphatic rings. The van der Waals surface area contributed by atoms with E-state index in [0.717, 1.165) is 28.3 Å². The zero-order valence-electron chi connectivity index (χ0n) is 23.3. The SMILES string of the molecule is NOC(=O)CC(Cc1nc(-c2ccc(Oc3ncc(Cl)cc3F)cc2Cl)no1)C(=O)OCC1c2ccccc2-c2ccccc21. The summed E-state index contributed by atoms with van der Waals surface area (Å²) in [5.74, 6) is 1.77. The van der Waals surface area contributed by atoms with Crippen LogP contribution in [0.25, 0.3) is 22.5 Å². The van der Waals surface area contributed by atoms with Crippen molar-refractivity contribution in [1.29, 1.82) is 0 Å². The lowest BCUT2D eigenvalue weighted by Crippen LogP contribution is -2.26. The predicted molar refractivity (Wildman–Crippen MR) is 161 cm³/mol. The molecular formula is C32H23Cl2FN4O6. The van der Waals surface area contributed by atoms with Crippen molar-refractivity contribution in [3.05, 3.63) is 112 Å². The number of carbonyl (C=O) groups is 2. The third-order valence-corrected chi connectivity index (χ3v) is 7.81. The Kier molecular flexibility index (Phi) is 8.74. The fourth-order valence-electron chi connectivity index (χ4n) is 5.20. The van der Waals surface area contributed by atoms with E-state index in [1.165, 1.54) is 18.3 Å². The smallest absolute Gasteiger partial charge is 0.325 e. The van der Waals surface area contributed by atoms with Crippen LogP contribution < -0.4 is 10.6 Å². The highest BCUT2D eigenvalue weighted by Gasteiger charge is 2.32. The molecule has 0 saturated heterocycles. The molecule has 228 valence electrons. The van der Waals surface area contributed by atoms with Crippen LogP contribution in [0.3, 0.4) is 0 Å². The van der Waals surface area contributed by atoms with Gasteiger partial charge >= 0.3 is 11.9 Å². The molecule has 2 aromatic heterocycles. The number of carbonyl (C=O) groups excluding carboxylic acids is 2. The first-order valence-electron chi connectivity index (χ1n) is 13.7. The molecule has 2 N–H and O–H groups in total. The number of hydrogen-bond acceptors (Lipinski definition) is 10. The highest BCUT2D eigenvalue weighted by Crippen LogP contribution is 2.44. The molecule has 1 atom stereocenters. The fourth-order valence-corrected chi connectivity index (χ4v) is 5.60. The van der Waals surface area contributed by atoms with E-state index in [-0.39, 0.29) is 58.8 Å². The summed E-state index contributed by atoms with van der Waals surface area (Å²) in [4.78, 5) is 37.9. The first kappa shape index (κ1) is 30.2. The molecule has 0 radical (unpaired) electrons. The molecule has 0 aliphatic heterocycles. The van der Waals surface area contributed by atoms with Crippen LogP contribution in [0.15, 0.2) is 83.5 Å². The van der Waals surface area contributed by atoms with E-state index >= 15 is 0 Å². The average molecular weight is 649 g/mol. The summed E-state index contributed by atoms with van der Waals surface area (Å²) in [5.41, 5.74) is 4.65. The predicted octanol–water partition coefficient (Wildman–Crippen LogP) is 6.69. The minimum Gasteiger partial charge on any atom is -0.464 e. The summed E-state index contributed by atoms with van der Waals surface area (Å²) in [7, 11) is 0. The van der Waals surface area contributed by atoms with Crippen molar-refractivity contribution >= 4 is 35.1 Å². The number of rotatable bonds is 10. The first-order chi connectivity index (χ1) is 21.8. The zero-order chi connectivity index (χ0) is 31.5. The van der Waals surface area contributed by atoms with Gasteiger partial charge in [-0.3, -0.25) is 9.59 Å². The molecule has 0 bridgehead atoms. The first-order valence-corrected chi connectivity index (χ1v) is 14.4. The lowest BCUT2D eigenvalue weighted by atomic mass is 9.97. The molecule has 13 heteroatoms. The maximum atomic E-state index is 14.1. The molecule has 0 saturated carbocycles. The van der Waals surface area contributed by atoms with Gasteiger partial charge in [-0.05, 0) is 40.5 Å². The number of aromatic nitrogens is 3. The van der Waals surface area contributed by atoms with E-state index in [1.807, 2.05) is 48.5 Å². The molecule has 3 aromatic carbocycles. The molecule has 5 aromatic rings. The summed E-state index contributed by atoms with van der Waals surface area (Å²) in [5, 5.41) is 4.27. The van der Waals surface area contributed by atoms with Crippen molar-refractivity contribution in [2.45, 2.75) is 18.8 Å². The second-order valence-electron chi connectivity index (χ2n) is 10.1. The van der Waals surface area contributed by atoms with Gasteiger partial charge in [-0.2, -0.15) is 10.9 Å². The minimum absolute atomic E-state index is 0.0529. The monoisotopic (exact) mass is 648 g/mol. The number of halogens is 3. The summed E-state index contributed by atoms with van der Waals surface area (Å²) in [6.07, 6.45) is 0.756. The Morgan fingerprint density at radius 1 is 0.978 bits per heavy atom. The highest BCUT2D eigenvalue weighted by atomic mass is 35.5. The molecule has 1 unspecified atom stereocenters. The van der Waals surface area contributed by atoms with E-state index in [0.29, 0.717) is 5.56 Å². The van der Waals surface area contributed by atoms with E-state index in [9.17, 15) is 14.0 Å². The molecule has 0 spiro atoms. The van der Waals surface area contributed by atoms with Gasteiger partial charge in [-0.1, -0.05) is 76.9 Å². The van der Waals surface area contributed by atoms with Crippen LogP contribution in [0.1, 0.15) is 29.4 Å². The molecule has 1 aliphatic carbocycles. The Morgan fingerprint density at radius 2 is 1.69 bits per heavy atom. The van der Waals surface area contributed by atoms with Crippen molar-refractivity contribution in [3.63, 3.8) is 0 Å². The standard InChI is InChI=1S/C32H23Cl2FN4O6/c33-18-13-27(35)31(37-15-18)43-19-9-10-24(26(34)14-19)30-38-28(45-39-30)11-17(12-29(40)44-36)32(41)42-16-25-22-7-3-1-5-20(22)21-6-2-4-8-23(21)25/h1-10,13-15,17,25H,11-12,16,36H2. The van der Waals surface area contributed by atoms with Crippen LogP contribution in [0.5, 0.6) is 11.6 Å². The Labute approximate surface area is 265 Å². The van der Waals surface area contributed by atoms with Crippen LogP contribution in [-0.4, -0.2) is 33.7 Å². The van der Waals surface area contributed by atoms with E-state index in [4.69, 9.17) is 43.1 Å². The van der Waals surface area contributed by atoms with Crippen molar-refractivity contribution in [1.82, 2.24) is 15.1 Å². The van der Waals surface area contributed by atoms with Crippen molar-refractivity contribution in [2.24, 2.45) is 11.8 Å². The second kappa shape index (κ2) is 13.0. The highest BCUT2D eigenvalue weighted by molar-refractivity contribution is 6.33. The van der Waals surface area contributed by atoms with E-state index in [2.05, 4.69) is 20.0 Å². The Morgan fingerprint density at radius 3 is 2.36 bits per heavy atom. The summed E-state index contributed by atoms with van der Waals surface area (Å²) >= 11 is 12.2. The number of benzene rings is 3. The van der Waals surface area contributed by atoms with Crippen molar-refractivity contribution < 1.29 is 32.8 Å². The van der Waals surface area contributed by atoms with Gasteiger partial charge in [0.2, 0.25) is 11.7 Å². The summed E-state index contributed by atoms with van der Waals surface area (Å²) < 4.78 is 30.7. The number of fused-ring (bicyclic) bond motifs is 3. The maximum Gasteiger partial charge on any atom is 0.325 e. The number of ether oxygens (including phenoxy) is 2. The molecule has 10 nitrogen and oxygen atoms in total. The van der Waals surface area contributed by atoms with Gasteiger partial charge < -0.3 is 18.8 Å². The van der Waals surface area contributed by atoms with Crippen LogP contribution in [-0.2, 0) is 25.6 Å². The van der Waals surface area contributed by atoms with Crippen LogP contribution in [0.2, 0.25) is 10.0 Å². The van der Waals surface area contributed by atoms with Gasteiger partial charge in [0.15, 0.2) is 5.82 Å². The van der Waals surface area contributed by atoms with Gasteiger partial charge in [0.25, 0.3) is 5.88 Å². The Bertz CT molecular complexity index is 1860. The molecular weight excluding hydrogens is 626 g/mol. The van der Waals surface area contributed by atoms with Gasteiger partial charge in [-0.25, -0.2) is 9.37 Å². The van der Waals surface area contributed by atoms with E-state index < -0.39 is 23.7 Å². The second-order valence-corrected chi connectivity index (χ2v) is 11.0. The Hall–Kier alpha value is -4.84. The fraction of sp³-hybridized carbons (Fsp3) is 0.156. The quantitative estimate of drug-likeness (QED) is 0.129. The molecule has 0 fully saturated rings. The number of nitrogens with two attached hydrogens (primary N) is 1. The molecule has 45 heavy (non-hydrogen) atoms. The largest absolute Gasteiger partial charge is 0.464 e. The van der Waals surface area contributed by atoms with Gasteiger partial charge in [0.05, 0.1) is 22.4 Å². The minimum atomic E-state index is -1.02. The van der Waals surface area contributed by atoms with Crippen LogP contribution in [0.4, 0.5) is 4.39 Å². The molecule has 6 rings (SSSR count). The lowest BCUT2D eigenvalue weighted by molar-refractivity contribution is -0.155. The summed E-state index contributed by atoms with van der Waals surface area (Å²) in [6.45, 7) is 0.0651. The number of nitrogens with zero attached hydrogens (tertiary/aromatic N) is 3. The van der Waals surface area contributed by atoms with Gasteiger partial charge in [-0.15, -0.1) is 0 Å². The zero-order valence-corrected chi connectivity index (χ0v) is 24.8. The molecule has 0 amide bonds. The number of esters is 1. The van der Waals surface area contributed by atoms with Gasteiger partial charge in [0, 0.05) is 30.2 Å². The van der Waals surface area contributed by atoms with Crippen LogP contribution >= 0.6 is 23.2 Å². The Balaban J connectivity index is 1.16.